The van der Waals surface area contributed by atoms with Crippen LogP contribution in [0.4, 0.5) is 0 Å². The van der Waals surface area contributed by atoms with E-state index in [1.807, 2.05) is 41.5 Å². The fourth-order valence-electron chi connectivity index (χ4n) is 9.54. The maximum absolute atomic E-state index is 4.72. The Morgan fingerprint density at radius 1 is 0.630 bits per heavy atom. The summed E-state index contributed by atoms with van der Waals surface area (Å²) < 4.78 is 0. The molecule has 0 amide bonds. The molecule has 0 heterocycles. The molecular weight excluding hydrogens is 627 g/mol. The van der Waals surface area contributed by atoms with Crippen molar-refractivity contribution in [3.8, 4) is 22.3 Å². The molecule has 4 radical (unpaired) electrons. The minimum absolute atomic E-state index is 0. The van der Waals surface area contributed by atoms with Gasteiger partial charge in [0.1, 0.15) is 0 Å². The van der Waals surface area contributed by atoms with Gasteiger partial charge in [-0.25, -0.2) is 0 Å². The number of fused-ring (bicyclic) bond motifs is 6. The van der Waals surface area contributed by atoms with Crippen molar-refractivity contribution in [3.63, 3.8) is 0 Å². The van der Waals surface area contributed by atoms with Gasteiger partial charge >= 0.3 is 0 Å². The summed E-state index contributed by atoms with van der Waals surface area (Å²) in [6.07, 6.45) is 9.15. The largest absolute Gasteiger partial charge is 0.179 e. The van der Waals surface area contributed by atoms with Gasteiger partial charge in [-0.1, -0.05) is 112 Å². The average Bonchev–Trinajstić information content (AvgIpc) is 3.65. The summed E-state index contributed by atoms with van der Waals surface area (Å²) in [5.74, 6) is 3.32. The monoisotopic (exact) mass is 678 g/mol. The van der Waals surface area contributed by atoms with Crippen LogP contribution >= 0.6 is 0 Å². The van der Waals surface area contributed by atoms with E-state index in [-0.39, 0.29) is 38.1 Å². The minimum Gasteiger partial charge on any atom is -0.179 e. The molecule has 4 saturated carbocycles. The summed E-state index contributed by atoms with van der Waals surface area (Å²) in [6.45, 7) is 13.8. The quantitative estimate of drug-likeness (QED) is 0.126. The van der Waals surface area contributed by atoms with Crippen LogP contribution in [0.2, 0.25) is 6.82 Å². The number of hydrogen-bond donors (Lipinski definition) is 0. The predicted octanol–water partition coefficient (Wildman–Crippen LogP) is 11.1. The Labute approximate surface area is 308 Å². The zero-order valence-corrected chi connectivity index (χ0v) is 32.3. The van der Waals surface area contributed by atoms with Gasteiger partial charge in [-0.3, -0.25) is 0 Å². The first kappa shape index (κ1) is 36.9. The second-order valence-electron chi connectivity index (χ2n) is 12.7. The number of hydrogen-bond acceptors (Lipinski definition) is 0. The van der Waals surface area contributed by atoms with E-state index < -0.39 is 0 Å². The Kier molecular flexibility index (Phi) is 13.2. The van der Waals surface area contributed by atoms with Crippen molar-refractivity contribution in [3.05, 3.63) is 118 Å². The number of rotatable bonds is 2. The molecule has 0 nitrogen and oxygen atoms in total. The molecule has 4 aromatic carbocycles. The van der Waals surface area contributed by atoms with E-state index in [4.69, 9.17) is 7.74 Å². The minimum atomic E-state index is 0. The summed E-state index contributed by atoms with van der Waals surface area (Å²) >= 11 is 0. The zero-order chi connectivity index (χ0) is 32.1. The van der Waals surface area contributed by atoms with E-state index in [9.17, 15) is 0 Å². The van der Waals surface area contributed by atoms with Crippen LogP contribution in [0.15, 0.2) is 72.8 Å². The second-order valence-corrected chi connectivity index (χ2v) is 12.7. The van der Waals surface area contributed by atoms with Gasteiger partial charge in [0.25, 0.3) is 0 Å². The Morgan fingerprint density at radius 2 is 1.15 bits per heavy atom. The zero-order valence-electron chi connectivity index (χ0n) is 29.4. The maximum atomic E-state index is 4.72. The van der Waals surface area contributed by atoms with Crippen LogP contribution in [-0.2, 0) is 51.0 Å². The van der Waals surface area contributed by atoms with Crippen molar-refractivity contribution in [2.24, 2.45) is 23.7 Å². The van der Waals surface area contributed by atoms with Gasteiger partial charge in [-0.15, -0.1) is 52.8 Å². The van der Waals surface area contributed by atoms with Gasteiger partial charge in [0.2, 0.25) is 0 Å². The molecule has 4 aromatic rings. The van der Waals surface area contributed by atoms with E-state index in [1.165, 1.54) is 94.9 Å². The summed E-state index contributed by atoms with van der Waals surface area (Å²) in [4.78, 5) is 0. The first-order valence-electron chi connectivity index (χ1n) is 18.0. The molecule has 234 valence electrons. The predicted molar refractivity (Wildman–Crippen MR) is 196 cm³/mol. The van der Waals surface area contributed by atoms with Crippen molar-refractivity contribution >= 4 is 14.9 Å². The molecule has 10 rings (SSSR count). The van der Waals surface area contributed by atoms with Crippen LogP contribution < -0.4 is 0 Å². The molecule has 6 aliphatic carbocycles. The van der Waals surface area contributed by atoms with Gasteiger partial charge < -0.3 is 0 Å². The third kappa shape index (κ3) is 6.32. The van der Waals surface area contributed by atoms with Crippen molar-refractivity contribution in [2.75, 3.05) is 0 Å². The van der Waals surface area contributed by atoms with Gasteiger partial charge in [0.15, 0.2) is 0 Å². The second kappa shape index (κ2) is 16.5. The van der Waals surface area contributed by atoms with Crippen molar-refractivity contribution in [1.82, 2.24) is 0 Å². The molecule has 4 bridgehead atoms. The van der Waals surface area contributed by atoms with Gasteiger partial charge in [-0.05, 0) is 74.0 Å². The summed E-state index contributed by atoms with van der Waals surface area (Å²) in [6, 6.07) is 35.8. The van der Waals surface area contributed by atoms with Crippen molar-refractivity contribution in [2.45, 2.75) is 98.7 Å². The molecule has 0 aromatic heterocycles. The Bertz CT molecular complexity index is 1560. The Hall–Kier alpha value is -1.89. The maximum Gasteiger partial charge on any atom is 0.0502 e. The van der Waals surface area contributed by atoms with E-state index in [0.29, 0.717) is 0 Å². The third-order valence-electron chi connectivity index (χ3n) is 10.7. The molecule has 4 fully saturated rings. The van der Waals surface area contributed by atoms with Gasteiger partial charge in [0, 0.05) is 40.4 Å². The van der Waals surface area contributed by atoms with Gasteiger partial charge in [-0.2, -0.15) is 23.8 Å². The number of benzene rings is 4. The molecule has 0 aliphatic heterocycles. The summed E-state index contributed by atoms with van der Waals surface area (Å²) in [5.41, 5.74) is 14.5. The first-order chi connectivity index (χ1) is 22.2. The van der Waals surface area contributed by atoms with E-state index in [1.54, 1.807) is 6.82 Å². The first-order valence-corrected chi connectivity index (χ1v) is 18.0. The molecule has 0 saturated heterocycles. The summed E-state index contributed by atoms with van der Waals surface area (Å²) in [5, 5.41) is 0. The van der Waals surface area contributed by atoms with Crippen LogP contribution in [0.25, 0.3) is 22.3 Å². The smallest absolute Gasteiger partial charge is 0.0502 e. The van der Waals surface area contributed by atoms with Gasteiger partial charge in [0.05, 0.1) is 7.17 Å². The van der Waals surface area contributed by atoms with E-state index in [0.717, 1.165) is 36.5 Å². The molecule has 6 aliphatic rings. The Balaban J connectivity index is 0.000000442. The normalized spacial score (nSPS) is 24.2. The standard InChI is InChI=1S/C36H30.3C2H6.CH3B2.Y/c1-3-7-32-25(6-1)19-27-20-28(11-12-34(27)32)36(30-14-22-13-23(16-30)17-31(36)15-22)29-10-9-26-18-24-5-2-4-8-33(24)35(26)21-29;3*1-2;1-3-2;/h1-10,12,20,22-23,30-31H,13-19H2;3*1-2H3;1H3;/q-2;;;;;. The van der Waals surface area contributed by atoms with Crippen LogP contribution in [0.5, 0.6) is 0 Å². The Morgan fingerprint density at radius 3 is 1.76 bits per heavy atom. The van der Waals surface area contributed by atoms with Crippen LogP contribution in [-0.4, -0.2) is 14.9 Å². The van der Waals surface area contributed by atoms with E-state index >= 15 is 0 Å². The van der Waals surface area contributed by atoms with Crippen LogP contribution in [0.3, 0.4) is 0 Å². The molecule has 0 N–H and O–H groups in total. The molecule has 46 heavy (non-hydrogen) atoms. The van der Waals surface area contributed by atoms with Crippen molar-refractivity contribution in [1.29, 1.82) is 0 Å². The van der Waals surface area contributed by atoms with Crippen LogP contribution in [0.1, 0.15) is 107 Å². The topological polar surface area (TPSA) is 0 Å². The fraction of sp³-hybridized carbons (Fsp3) is 0.442. The average molecular weight is 678 g/mol. The molecular formula is C43H51B2Y-2. The van der Waals surface area contributed by atoms with Crippen LogP contribution in [0, 0.1) is 35.8 Å². The molecule has 0 spiro atoms. The molecule has 0 unspecified atom stereocenters. The summed E-state index contributed by atoms with van der Waals surface area (Å²) in [7, 11) is 6.22. The SMILES string of the molecule is CC.CC.CC.[B][B]C.[Y].[c-]1cc2c(cc1C1(c3[c-]c4c(cc3)Cc3ccccc3-4)C3CC4CC(C3)CC1C4)Cc1ccccc1-2. The third-order valence-corrected chi connectivity index (χ3v) is 10.7. The fourth-order valence-corrected chi connectivity index (χ4v) is 9.54. The van der Waals surface area contributed by atoms with Crippen molar-refractivity contribution < 1.29 is 32.7 Å². The molecule has 0 atom stereocenters. The van der Waals surface area contributed by atoms with E-state index in [2.05, 4.69) is 84.9 Å². The molecule has 3 heteroatoms.